The van der Waals surface area contributed by atoms with Crippen molar-refractivity contribution in [3.05, 3.63) is 70.4 Å². The molecular weight excluding hydrogens is 348 g/mol. The van der Waals surface area contributed by atoms with Crippen LogP contribution in [0, 0.1) is 11.6 Å². The summed E-state index contributed by atoms with van der Waals surface area (Å²) in [5.74, 6) is -1.33. The first-order valence-corrected chi connectivity index (χ1v) is 8.81. The van der Waals surface area contributed by atoms with Gasteiger partial charge in [-0.3, -0.25) is 4.79 Å². The maximum Gasteiger partial charge on any atom is 0.150 e. The maximum atomic E-state index is 13.8. The highest BCUT2D eigenvalue weighted by atomic mass is 19.1. The molecule has 6 heteroatoms. The van der Waals surface area contributed by atoms with E-state index in [0.29, 0.717) is 23.5 Å². The van der Waals surface area contributed by atoms with Gasteiger partial charge in [-0.1, -0.05) is 19.1 Å². The molecule has 0 fully saturated rings. The highest BCUT2D eigenvalue weighted by Crippen LogP contribution is 2.22. The van der Waals surface area contributed by atoms with Crippen LogP contribution in [-0.2, 0) is 6.54 Å². The van der Waals surface area contributed by atoms with Gasteiger partial charge < -0.3 is 16.0 Å². The second-order valence-corrected chi connectivity index (χ2v) is 6.56. The first-order valence-electron chi connectivity index (χ1n) is 8.81. The van der Waals surface area contributed by atoms with E-state index in [1.807, 2.05) is 13.1 Å². The average molecular weight is 373 g/mol. The number of aldehydes is 1. The van der Waals surface area contributed by atoms with Crippen molar-refractivity contribution in [3.8, 4) is 0 Å². The Morgan fingerprint density at radius 1 is 1.22 bits per heavy atom. The molecule has 0 saturated carbocycles. The summed E-state index contributed by atoms with van der Waals surface area (Å²) in [6, 6.07) is 8.67. The van der Waals surface area contributed by atoms with Crippen molar-refractivity contribution < 1.29 is 13.6 Å². The normalized spacial score (nSPS) is 12.1. The lowest BCUT2D eigenvalue weighted by Gasteiger charge is -2.18. The number of carbonyl (C=O) groups is 1. The monoisotopic (exact) mass is 373 g/mol. The van der Waals surface area contributed by atoms with Crippen molar-refractivity contribution in [2.24, 2.45) is 5.73 Å². The summed E-state index contributed by atoms with van der Waals surface area (Å²) in [4.78, 5) is 13.5. The fraction of sp³-hybridized carbons (Fsp3) is 0.286. The molecule has 2 aromatic rings. The third-order valence-corrected chi connectivity index (χ3v) is 4.28. The number of anilines is 1. The predicted octanol–water partition coefficient (Wildman–Crippen LogP) is 4.38. The van der Waals surface area contributed by atoms with E-state index in [4.69, 9.17) is 5.73 Å². The lowest BCUT2D eigenvalue weighted by Crippen LogP contribution is -2.19. The molecule has 3 N–H and O–H groups in total. The number of allylic oxidation sites excluding steroid dienone is 1. The smallest absolute Gasteiger partial charge is 0.150 e. The van der Waals surface area contributed by atoms with Crippen molar-refractivity contribution >= 4 is 17.7 Å². The van der Waals surface area contributed by atoms with Gasteiger partial charge in [0.1, 0.15) is 17.9 Å². The zero-order chi connectivity index (χ0) is 20.0. The molecule has 0 amide bonds. The number of nitrogens with two attached hydrogens (primary N) is 1. The topological polar surface area (TPSA) is 58.4 Å². The third kappa shape index (κ3) is 5.37. The SMILES string of the molecule is CCCN(C)Cc1cc(/C(N)=C(\C)Nc2ccc(F)cc2F)ccc1C=O. The fourth-order valence-corrected chi connectivity index (χ4v) is 2.85. The van der Waals surface area contributed by atoms with Crippen LogP contribution in [0.5, 0.6) is 0 Å². The van der Waals surface area contributed by atoms with E-state index in [-0.39, 0.29) is 5.69 Å². The average Bonchev–Trinajstić information content (AvgIpc) is 2.63. The van der Waals surface area contributed by atoms with Crippen LogP contribution in [0.2, 0.25) is 0 Å². The quantitative estimate of drug-likeness (QED) is 0.674. The van der Waals surface area contributed by atoms with Gasteiger partial charge in [-0.15, -0.1) is 0 Å². The summed E-state index contributed by atoms with van der Waals surface area (Å²) >= 11 is 0. The van der Waals surface area contributed by atoms with Crippen LogP contribution in [-0.4, -0.2) is 24.8 Å². The van der Waals surface area contributed by atoms with Crippen LogP contribution in [0.25, 0.3) is 5.70 Å². The Hall–Kier alpha value is -2.73. The zero-order valence-corrected chi connectivity index (χ0v) is 15.9. The molecule has 144 valence electrons. The first-order chi connectivity index (χ1) is 12.8. The minimum Gasteiger partial charge on any atom is -0.397 e. The number of nitrogens with one attached hydrogen (secondary N) is 1. The largest absolute Gasteiger partial charge is 0.397 e. The Morgan fingerprint density at radius 2 is 1.96 bits per heavy atom. The van der Waals surface area contributed by atoms with Crippen LogP contribution in [0.1, 0.15) is 41.8 Å². The summed E-state index contributed by atoms with van der Waals surface area (Å²) in [5.41, 5.74) is 9.56. The van der Waals surface area contributed by atoms with Crippen LogP contribution in [0.3, 0.4) is 0 Å². The molecule has 0 radical (unpaired) electrons. The van der Waals surface area contributed by atoms with Gasteiger partial charge in [0.25, 0.3) is 0 Å². The minimum absolute atomic E-state index is 0.143. The van der Waals surface area contributed by atoms with Crippen LogP contribution >= 0.6 is 0 Å². The van der Waals surface area contributed by atoms with Gasteiger partial charge in [0.2, 0.25) is 0 Å². The van der Waals surface area contributed by atoms with Gasteiger partial charge >= 0.3 is 0 Å². The second-order valence-electron chi connectivity index (χ2n) is 6.56. The van der Waals surface area contributed by atoms with Gasteiger partial charge in [0.05, 0.1) is 11.4 Å². The van der Waals surface area contributed by atoms with E-state index < -0.39 is 11.6 Å². The van der Waals surface area contributed by atoms with Gasteiger partial charge in [-0.2, -0.15) is 0 Å². The van der Waals surface area contributed by atoms with E-state index in [1.54, 1.807) is 19.1 Å². The second kappa shape index (κ2) is 9.28. The van der Waals surface area contributed by atoms with Crippen molar-refractivity contribution in [1.29, 1.82) is 0 Å². The van der Waals surface area contributed by atoms with Crippen LogP contribution in [0.15, 0.2) is 42.1 Å². The van der Waals surface area contributed by atoms with Crippen LogP contribution in [0.4, 0.5) is 14.5 Å². The van der Waals surface area contributed by atoms with Crippen molar-refractivity contribution in [2.75, 3.05) is 18.9 Å². The van der Waals surface area contributed by atoms with Gasteiger partial charge in [-0.05, 0) is 56.3 Å². The van der Waals surface area contributed by atoms with Gasteiger partial charge in [0, 0.05) is 23.9 Å². The lowest BCUT2D eigenvalue weighted by molar-refractivity contribution is 0.112. The first kappa shape index (κ1) is 20.6. The molecule has 0 aliphatic rings. The zero-order valence-electron chi connectivity index (χ0n) is 15.9. The molecule has 0 atom stereocenters. The lowest BCUT2D eigenvalue weighted by atomic mass is 10.0. The Bertz CT molecular complexity index is 849. The molecule has 0 saturated heterocycles. The van der Waals surface area contributed by atoms with E-state index >= 15 is 0 Å². The number of halogens is 2. The number of hydrogen-bond acceptors (Lipinski definition) is 4. The molecule has 0 heterocycles. The Labute approximate surface area is 158 Å². The van der Waals surface area contributed by atoms with E-state index in [1.165, 1.54) is 12.1 Å². The molecule has 2 aromatic carbocycles. The number of carbonyl (C=O) groups excluding carboxylic acids is 1. The van der Waals surface area contributed by atoms with Gasteiger partial charge in [0.15, 0.2) is 0 Å². The highest BCUT2D eigenvalue weighted by molar-refractivity contribution is 5.79. The van der Waals surface area contributed by atoms with Crippen molar-refractivity contribution in [3.63, 3.8) is 0 Å². The molecule has 2 rings (SSSR count). The van der Waals surface area contributed by atoms with E-state index in [2.05, 4.69) is 17.1 Å². The number of benzene rings is 2. The number of nitrogens with zero attached hydrogens (tertiary/aromatic N) is 1. The standard InChI is InChI=1S/C21H25F2N3O/c1-4-9-26(3)12-17-10-15(5-6-16(17)13-27)21(24)14(2)25-20-8-7-18(22)11-19(20)23/h5-8,10-11,13,25H,4,9,12,24H2,1-3H3/b21-14-. The summed E-state index contributed by atoms with van der Waals surface area (Å²) in [5, 5.41) is 2.88. The molecule has 27 heavy (non-hydrogen) atoms. The Morgan fingerprint density at radius 3 is 2.59 bits per heavy atom. The molecule has 4 nitrogen and oxygen atoms in total. The van der Waals surface area contributed by atoms with Crippen molar-refractivity contribution in [1.82, 2.24) is 4.90 Å². The van der Waals surface area contributed by atoms with E-state index in [9.17, 15) is 13.6 Å². The van der Waals surface area contributed by atoms with E-state index in [0.717, 1.165) is 36.4 Å². The molecule has 0 aromatic heterocycles. The molecule has 0 bridgehead atoms. The fourth-order valence-electron chi connectivity index (χ4n) is 2.85. The summed E-state index contributed by atoms with van der Waals surface area (Å²) in [7, 11) is 1.99. The predicted molar refractivity (Wildman–Crippen MR) is 105 cm³/mol. The molecule has 0 spiro atoms. The molecular formula is C21H25F2N3O. The summed E-state index contributed by atoms with van der Waals surface area (Å²) in [6.07, 6.45) is 1.85. The molecule has 0 unspecified atom stereocenters. The number of hydrogen-bond donors (Lipinski definition) is 2. The Kier molecular flexibility index (Phi) is 7.07. The highest BCUT2D eigenvalue weighted by Gasteiger charge is 2.11. The minimum atomic E-state index is -0.694. The third-order valence-electron chi connectivity index (χ3n) is 4.28. The van der Waals surface area contributed by atoms with Crippen molar-refractivity contribution in [2.45, 2.75) is 26.8 Å². The summed E-state index contributed by atoms with van der Waals surface area (Å²) < 4.78 is 26.9. The molecule has 0 aliphatic heterocycles. The number of rotatable bonds is 8. The van der Waals surface area contributed by atoms with Crippen LogP contribution < -0.4 is 11.1 Å². The molecule has 0 aliphatic carbocycles. The van der Waals surface area contributed by atoms with Gasteiger partial charge in [-0.25, -0.2) is 8.78 Å². The maximum absolute atomic E-state index is 13.8. The Balaban J connectivity index is 2.31. The summed E-state index contributed by atoms with van der Waals surface area (Å²) in [6.45, 7) is 5.35.